The summed E-state index contributed by atoms with van der Waals surface area (Å²) in [6, 6.07) is 5.88. The fraction of sp³-hybridized carbons (Fsp3) is 0.154. The molecular formula is C13H12N4O. The molecule has 5 heteroatoms. The molecule has 3 aromatic rings. The Hall–Kier alpha value is -2.43. The van der Waals surface area contributed by atoms with Crippen molar-refractivity contribution in [2.75, 3.05) is 7.11 Å². The molecule has 0 radical (unpaired) electrons. The fourth-order valence-electron chi connectivity index (χ4n) is 1.92. The van der Waals surface area contributed by atoms with Gasteiger partial charge in [0.05, 0.1) is 13.3 Å². The fourth-order valence-corrected chi connectivity index (χ4v) is 1.92. The number of hydrogen-bond acceptors (Lipinski definition) is 4. The van der Waals surface area contributed by atoms with Gasteiger partial charge in [-0.2, -0.15) is 0 Å². The summed E-state index contributed by atoms with van der Waals surface area (Å²) in [6.45, 7) is 2.02. The SMILES string of the molecule is COc1ccc(-c2nc3ncncc3[nH]2)c(C)c1. The van der Waals surface area contributed by atoms with E-state index in [0.717, 1.165) is 28.2 Å². The van der Waals surface area contributed by atoms with Gasteiger partial charge in [-0.05, 0) is 30.7 Å². The molecule has 90 valence electrons. The Morgan fingerprint density at radius 2 is 2.17 bits per heavy atom. The quantitative estimate of drug-likeness (QED) is 0.746. The van der Waals surface area contributed by atoms with Crippen molar-refractivity contribution in [3.05, 3.63) is 36.3 Å². The van der Waals surface area contributed by atoms with Crippen LogP contribution in [0.15, 0.2) is 30.7 Å². The topological polar surface area (TPSA) is 63.7 Å². The van der Waals surface area contributed by atoms with E-state index in [0.29, 0.717) is 5.65 Å². The van der Waals surface area contributed by atoms with Crippen LogP contribution in [0.4, 0.5) is 0 Å². The predicted molar refractivity (Wildman–Crippen MR) is 68.4 cm³/mol. The first-order chi connectivity index (χ1) is 8.78. The molecule has 0 unspecified atom stereocenters. The first-order valence-corrected chi connectivity index (χ1v) is 5.58. The highest BCUT2D eigenvalue weighted by molar-refractivity contribution is 5.75. The van der Waals surface area contributed by atoms with E-state index in [1.807, 2.05) is 25.1 Å². The number of methoxy groups -OCH3 is 1. The smallest absolute Gasteiger partial charge is 0.181 e. The van der Waals surface area contributed by atoms with E-state index in [9.17, 15) is 0 Å². The lowest BCUT2D eigenvalue weighted by molar-refractivity contribution is 0.414. The highest BCUT2D eigenvalue weighted by Gasteiger charge is 2.09. The van der Waals surface area contributed by atoms with Crippen molar-refractivity contribution in [3.8, 4) is 17.1 Å². The third kappa shape index (κ3) is 1.69. The van der Waals surface area contributed by atoms with Crippen LogP contribution in [-0.2, 0) is 0 Å². The number of aromatic amines is 1. The Morgan fingerprint density at radius 3 is 2.89 bits per heavy atom. The van der Waals surface area contributed by atoms with Crippen molar-refractivity contribution in [1.82, 2.24) is 19.9 Å². The van der Waals surface area contributed by atoms with Gasteiger partial charge < -0.3 is 9.72 Å². The zero-order valence-electron chi connectivity index (χ0n) is 10.1. The van der Waals surface area contributed by atoms with Gasteiger partial charge in [-0.1, -0.05) is 0 Å². The second-order valence-corrected chi connectivity index (χ2v) is 4.03. The number of H-pyrrole nitrogens is 1. The summed E-state index contributed by atoms with van der Waals surface area (Å²) < 4.78 is 5.19. The van der Waals surface area contributed by atoms with E-state index in [4.69, 9.17) is 4.74 Å². The van der Waals surface area contributed by atoms with E-state index < -0.39 is 0 Å². The first kappa shape index (κ1) is 10.7. The van der Waals surface area contributed by atoms with E-state index in [1.165, 1.54) is 6.33 Å². The molecule has 18 heavy (non-hydrogen) atoms. The van der Waals surface area contributed by atoms with Crippen LogP contribution in [0.3, 0.4) is 0 Å². The van der Waals surface area contributed by atoms with E-state index in [2.05, 4.69) is 19.9 Å². The van der Waals surface area contributed by atoms with Gasteiger partial charge in [-0.15, -0.1) is 0 Å². The summed E-state index contributed by atoms with van der Waals surface area (Å²) >= 11 is 0. The van der Waals surface area contributed by atoms with E-state index in [1.54, 1.807) is 13.3 Å². The highest BCUT2D eigenvalue weighted by Crippen LogP contribution is 2.25. The van der Waals surface area contributed by atoms with Crippen molar-refractivity contribution < 1.29 is 4.74 Å². The van der Waals surface area contributed by atoms with Crippen LogP contribution < -0.4 is 4.74 Å². The van der Waals surface area contributed by atoms with Crippen molar-refractivity contribution in [3.63, 3.8) is 0 Å². The second-order valence-electron chi connectivity index (χ2n) is 4.03. The van der Waals surface area contributed by atoms with Gasteiger partial charge in [-0.25, -0.2) is 15.0 Å². The number of nitrogens with one attached hydrogen (secondary N) is 1. The molecule has 1 aromatic carbocycles. The zero-order valence-corrected chi connectivity index (χ0v) is 10.1. The first-order valence-electron chi connectivity index (χ1n) is 5.58. The molecule has 0 aliphatic carbocycles. The average Bonchev–Trinajstić information content (AvgIpc) is 2.81. The Morgan fingerprint density at radius 1 is 1.28 bits per heavy atom. The van der Waals surface area contributed by atoms with Gasteiger partial charge in [0.2, 0.25) is 0 Å². The molecule has 1 N–H and O–H groups in total. The van der Waals surface area contributed by atoms with Crippen LogP contribution in [0.1, 0.15) is 5.56 Å². The third-order valence-corrected chi connectivity index (χ3v) is 2.85. The maximum absolute atomic E-state index is 5.19. The van der Waals surface area contributed by atoms with Crippen LogP contribution in [0.2, 0.25) is 0 Å². The van der Waals surface area contributed by atoms with Crippen LogP contribution in [0.25, 0.3) is 22.6 Å². The molecule has 5 nitrogen and oxygen atoms in total. The largest absolute Gasteiger partial charge is 0.497 e. The zero-order chi connectivity index (χ0) is 12.5. The van der Waals surface area contributed by atoms with Crippen molar-refractivity contribution in [2.45, 2.75) is 6.92 Å². The average molecular weight is 240 g/mol. The number of aryl methyl sites for hydroxylation is 1. The molecule has 0 amide bonds. The number of hydrogen-bond donors (Lipinski definition) is 1. The molecule has 3 rings (SSSR count). The van der Waals surface area contributed by atoms with Gasteiger partial charge in [0.15, 0.2) is 5.65 Å². The molecule has 0 aliphatic rings. The van der Waals surface area contributed by atoms with Gasteiger partial charge in [0.25, 0.3) is 0 Å². The normalized spacial score (nSPS) is 10.8. The van der Waals surface area contributed by atoms with Gasteiger partial charge >= 0.3 is 0 Å². The number of benzene rings is 1. The molecule has 0 saturated heterocycles. The van der Waals surface area contributed by atoms with E-state index in [-0.39, 0.29) is 0 Å². The number of fused-ring (bicyclic) bond motifs is 1. The van der Waals surface area contributed by atoms with Crippen molar-refractivity contribution >= 4 is 11.2 Å². The Kier molecular flexibility index (Phi) is 2.44. The summed E-state index contributed by atoms with van der Waals surface area (Å²) in [5.41, 5.74) is 3.65. The summed E-state index contributed by atoms with van der Waals surface area (Å²) in [6.07, 6.45) is 3.21. The molecule has 0 saturated carbocycles. The van der Waals surface area contributed by atoms with Gasteiger partial charge in [0, 0.05) is 5.56 Å². The molecule has 0 aliphatic heterocycles. The predicted octanol–water partition coefficient (Wildman–Crippen LogP) is 2.34. The lowest BCUT2D eigenvalue weighted by Crippen LogP contribution is -1.88. The monoisotopic (exact) mass is 240 g/mol. The van der Waals surface area contributed by atoms with Crippen LogP contribution in [0.5, 0.6) is 5.75 Å². The molecular weight excluding hydrogens is 228 g/mol. The molecule has 0 spiro atoms. The Balaban J connectivity index is 2.14. The summed E-state index contributed by atoms with van der Waals surface area (Å²) in [5, 5.41) is 0. The number of imidazole rings is 1. The molecule has 2 aromatic heterocycles. The Labute approximate surface area is 104 Å². The molecule has 2 heterocycles. The van der Waals surface area contributed by atoms with Crippen molar-refractivity contribution in [2.24, 2.45) is 0 Å². The summed E-state index contributed by atoms with van der Waals surface area (Å²) in [7, 11) is 1.66. The van der Waals surface area contributed by atoms with Gasteiger partial charge in [0.1, 0.15) is 23.4 Å². The standard InChI is InChI=1S/C13H12N4O/c1-8-5-9(18-2)3-4-10(8)12-16-11-6-14-7-15-13(11)17-12/h3-7H,1-2H3,(H,14,15,16,17). The lowest BCUT2D eigenvalue weighted by Gasteiger charge is -2.05. The van der Waals surface area contributed by atoms with Crippen LogP contribution >= 0.6 is 0 Å². The van der Waals surface area contributed by atoms with Crippen molar-refractivity contribution in [1.29, 1.82) is 0 Å². The minimum atomic E-state index is 0.676. The highest BCUT2D eigenvalue weighted by atomic mass is 16.5. The summed E-state index contributed by atoms with van der Waals surface area (Å²) in [4.78, 5) is 15.7. The second kappa shape index (κ2) is 4.10. The number of rotatable bonds is 2. The van der Waals surface area contributed by atoms with E-state index >= 15 is 0 Å². The minimum absolute atomic E-state index is 0.676. The van der Waals surface area contributed by atoms with Crippen LogP contribution in [-0.4, -0.2) is 27.0 Å². The number of nitrogens with zero attached hydrogens (tertiary/aromatic N) is 3. The minimum Gasteiger partial charge on any atom is -0.497 e. The molecule has 0 atom stereocenters. The number of aromatic nitrogens is 4. The molecule has 0 bridgehead atoms. The maximum Gasteiger partial charge on any atom is 0.181 e. The lowest BCUT2D eigenvalue weighted by atomic mass is 10.1. The third-order valence-electron chi connectivity index (χ3n) is 2.85. The molecule has 0 fully saturated rings. The summed E-state index contributed by atoms with van der Waals surface area (Å²) in [5.74, 6) is 1.64. The number of ether oxygens (including phenoxy) is 1. The Bertz CT molecular complexity index is 672. The van der Waals surface area contributed by atoms with Gasteiger partial charge in [-0.3, -0.25) is 0 Å². The van der Waals surface area contributed by atoms with Crippen LogP contribution in [0, 0.1) is 6.92 Å². The maximum atomic E-state index is 5.19.